The summed E-state index contributed by atoms with van der Waals surface area (Å²) in [7, 11) is 0. The van der Waals surface area contributed by atoms with Gasteiger partial charge in [0.1, 0.15) is 11.5 Å². The van der Waals surface area contributed by atoms with Crippen molar-refractivity contribution in [3.63, 3.8) is 0 Å². The minimum Gasteiger partial charge on any atom is -0.508 e. The Labute approximate surface area is 164 Å². The van der Waals surface area contributed by atoms with Gasteiger partial charge >= 0.3 is 0 Å². The van der Waals surface area contributed by atoms with Crippen LogP contribution in [0, 0.1) is 0 Å². The van der Waals surface area contributed by atoms with E-state index in [-0.39, 0.29) is 11.9 Å². The Morgan fingerprint density at radius 3 is 1.96 bits per heavy atom. The van der Waals surface area contributed by atoms with Crippen LogP contribution in [0.2, 0.25) is 0 Å². The van der Waals surface area contributed by atoms with E-state index in [4.69, 9.17) is 9.47 Å². The van der Waals surface area contributed by atoms with Crippen molar-refractivity contribution in [2.45, 2.75) is 78.1 Å². The van der Waals surface area contributed by atoms with E-state index in [2.05, 4.69) is 26.0 Å². The Kier molecular flexibility index (Phi) is 7.32. The van der Waals surface area contributed by atoms with Gasteiger partial charge in [-0.3, -0.25) is 0 Å². The predicted molar refractivity (Wildman–Crippen MR) is 112 cm³/mol. The third-order valence-electron chi connectivity index (χ3n) is 4.77. The number of ether oxygens (including phenoxy) is 2. The van der Waals surface area contributed by atoms with E-state index < -0.39 is 0 Å². The Morgan fingerprint density at radius 1 is 0.889 bits per heavy atom. The molecule has 27 heavy (non-hydrogen) atoms. The number of phenols is 1. The van der Waals surface area contributed by atoms with Crippen LogP contribution in [0.15, 0.2) is 48.5 Å². The molecule has 0 spiro atoms. The summed E-state index contributed by atoms with van der Waals surface area (Å²) in [5.74, 6) is 2.08. The predicted octanol–water partition coefficient (Wildman–Crippen LogP) is 6.62. The van der Waals surface area contributed by atoms with Gasteiger partial charge in [-0.2, -0.15) is 0 Å². The van der Waals surface area contributed by atoms with Gasteiger partial charge in [0.25, 0.3) is 0 Å². The van der Waals surface area contributed by atoms with Crippen LogP contribution in [0.5, 0.6) is 11.5 Å². The van der Waals surface area contributed by atoms with Crippen molar-refractivity contribution >= 4 is 0 Å². The van der Waals surface area contributed by atoms with Crippen LogP contribution in [0.3, 0.4) is 0 Å². The summed E-state index contributed by atoms with van der Waals surface area (Å²) in [6, 6.07) is 15.9. The Bertz CT molecular complexity index is 683. The zero-order chi connectivity index (χ0) is 20.0. The summed E-state index contributed by atoms with van der Waals surface area (Å²) in [6.45, 7) is 12.5. The smallest absolute Gasteiger partial charge is 0.197 e. The highest BCUT2D eigenvalue weighted by molar-refractivity contribution is 5.31. The zero-order valence-electron chi connectivity index (χ0n) is 17.5. The average molecular weight is 371 g/mol. The van der Waals surface area contributed by atoms with E-state index >= 15 is 0 Å². The molecule has 3 atom stereocenters. The third kappa shape index (κ3) is 6.91. The molecule has 3 heteroatoms. The minimum atomic E-state index is -0.285. The molecule has 0 heterocycles. The molecule has 2 aromatic rings. The van der Waals surface area contributed by atoms with Crippen molar-refractivity contribution in [2.24, 2.45) is 0 Å². The monoisotopic (exact) mass is 370 g/mol. The third-order valence-corrected chi connectivity index (χ3v) is 4.77. The van der Waals surface area contributed by atoms with Gasteiger partial charge in [0.15, 0.2) is 6.29 Å². The second kappa shape index (κ2) is 9.27. The molecule has 3 unspecified atom stereocenters. The summed E-state index contributed by atoms with van der Waals surface area (Å²) in [6.07, 6.45) is 1.88. The zero-order valence-corrected chi connectivity index (χ0v) is 17.5. The quantitative estimate of drug-likeness (QED) is 0.531. The molecule has 148 valence electrons. The van der Waals surface area contributed by atoms with E-state index in [0.717, 1.165) is 18.6 Å². The molecule has 2 rings (SSSR count). The van der Waals surface area contributed by atoms with Gasteiger partial charge in [0.2, 0.25) is 0 Å². The van der Waals surface area contributed by atoms with Crippen molar-refractivity contribution in [3.05, 3.63) is 59.7 Å². The van der Waals surface area contributed by atoms with Crippen LogP contribution >= 0.6 is 0 Å². The largest absolute Gasteiger partial charge is 0.508 e. The summed E-state index contributed by atoms with van der Waals surface area (Å²) in [5.41, 5.74) is 2.37. The van der Waals surface area contributed by atoms with E-state index in [9.17, 15) is 5.11 Å². The Hall–Kier alpha value is -2.00. The highest BCUT2D eigenvalue weighted by Crippen LogP contribution is 2.33. The summed E-state index contributed by atoms with van der Waals surface area (Å²) in [5, 5.41) is 9.47. The average Bonchev–Trinajstić information content (AvgIpc) is 2.59. The molecule has 0 aromatic heterocycles. The minimum absolute atomic E-state index is 0.225. The summed E-state index contributed by atoms with van der Waals surface area (Å²) >= 11 is 0. The molecule has 2 aromatic carbocycles. The second-order valence-corrected chi connectivity index (χ2v) is 8.32. The van der Waals surface area contributed by atoms with Crippen LogP contribution in [0.25, 0.3) is 0 Å². The molecule has 0 amide bonds. The molecule has 0 aliphatic rings. The lowest BCUT2D eigenvalue weighted by Crippen LogP contribution is -2.29. The first-order valence-electron chi connectivity index (χ1n) is 9.91. The second-order valence-electron chi connectivity index (χ2n) is 8.32. The fourth-order valence-corrected chi connectivity index (χ4v) is 3.44. The molecule has 0 aliphatic heterocycles. The highest BCUT2D eigenvalue weighted by Gasteiger charge is 2.18. The molecule has 0 fully saturated rings. The number of aromatic hydroxyl groups is 1. The topological polar surface area (TPSA) is 38.7 Å². The van der Waals surface area contributed by atoms with Crippen molar-refractivity contribution < 1.29 is 14.6 Å². The lowest BCUT2D eigenvalue weighted by atomic mass is 9.84. The molecular weight excluding hydrogens is 336 g/mol. The lowest BCUT2D eigenvalue weighted by Gasteiger charge is -2.25. The van der Waals surface area contributed by atoms with Crippen LogP contribution in [0.1, 0.15) is 77.3 Å². The molecule has 0 radical (unpaired) electrons. The van der Waals surface area contributed by atoms with Gasteiger partial charge in [0, 0.05) is 0 Å². The number of hydrogen-bond acceptors (Lipinski definition) is 3. The fraction of sp³-hybridized carbons (Fsp3) is 0.500. The van der Waals surface area contributed by atoms with Crippen LogP contribution in [-0.4, -0.2) is 17.0 Å². The normalized spacial score (nSPS) is 15.2. The first-order chi connectivity index (χ1) is 12.7. The van der Waals surface area contributed by atoms with Gasteiger partial charge in [0.05, 0.1) is 5.60 Å². The highest BCUT2D eigenvalue weighted by atomic mass is 16.7. The fourth-order valence-electron chi connectivity index (χ4n) is 3.44. The van der Waals surface area contributed by atoms with Crippen molar-refractivity contribution in [3.8, 4) is 11.5 Å². The van der Waals surface area contributed by atoms with Gasteiger partial charge in [-0.15, -0.1) is 0 Å². The standard InChI is InChI=1S/C24H34O3/c1-7-19(16-17(2)20-8-12-22(25)13-9-20)21-10-14-23(15-11-21)26-18(3)27-24(4,5)6/h8-15,17-19,25H,7,16H2,1-6H3. The molecule has 0 bridgehead atoms. The van der Waals surface area contributed by atoms with E-state index in [1.54, 1.807) is 12.1 Å². The molecule has 0 saturated carbocycles. The Morgan fingerprint density at radius 2 is 1.44 bits per heavy atom. The first-order valence-corrected chi connectivity index (χ1v) is 9.91. The van der Waals surface area contributed by atoms with Crippen molar-refractivity contribution in [2.75, 3.05) is 0 Å². The number of phenolic OH excluding ortho intramolecular Hbond substituents is 1. The van der Waals surface area contributed by atoms with Gasteiger partial charge < -0.3 is 14.6 Å². The SMILES string of the molecule is CCC(CC(C)c1ccc(O)cc1)c1ccc(OC(C)OC(C)(C)C)cc1. The van der Waals surface area contributed by atoms with Gasteiger partial charge in [-0.1, -0.05) is 38.1 Å². The molecular formula is C24H34O3. The molecule has 1 N–H and O–H groups in total. The van der Waals surface area contributed by atoms with Crippen LogP contribution in [-0.2, 0) is 4.74 Å². The summed E-state index contributed by atoms with van der Waals surface area (Å²) in [4.78, 5) is 0. The van der Waals surface area contributed by atoms with E-state index in [1.165, 1.54) is 11.1 Å². The van der Waals surface area contributed by atoms with Crippen LogP contribution in [0.4, 0.5) is 0 Å². The Balaban J connectivity index is 1.99. The van der Waals surface area contributed by atoms with Gasteiger partial charge in [-0.05, 0) is 87.8 Å². The maximum atomic E-state index is 9.47. The maximum absolute atomic E-state index is 9.47. The molecule has 3 nitrogen and oxygen atoms in total. The summed E-state index contributed by atoms with van der Waals surface area (Å²) < 4.78 is 11.7. The van der Waals surface area contributed by atoms with Crippen LogP contribution < -0.4 is 4.74 Å². The van der Waals surface area contributed by atoms with E-state index in [1.807, 2.05) is 52.0 Å². The van der Waals surface area contributed by atoms with Gasteiger partial charge in [-0.25, -0.2) is 0 Å². The number of hydrogen-bond donors (Lipinski definition) is 1. The lowest BCUT2D eigenvalue weighted by molar-refractivity contribution is -0.140. The molecule has 0 aliphatic carbocycles. The maximum Gasteiger partial charge on any atom is 0.197 e. The molecule has 0 saturated heterocycles. The van der Waals surface area contributed by atoms with E-state index in [0.29, 0.717) is 17.6 Å². The number of rotatable bonds is 8. The number of benzene rings is 2. The first kappa shape index (κ1) is 21.3. The van der Waals surface area contributed by atoms with Crippen molar-refractivity contribution in [1.82, 2.24) is 0 Å². The van der Waals surface area contributed by atoms with Crippen molar-refractivity contribution in [1.29, 1.82) is 0 Å².